The van der Waals surface area contributed by atoms with Crippen LogP contribution in [0.1, 0.15) is 5.56 Å². The average Bonchev–Trinajstić information content (AvgIpc) is 3.19. The number of hydrogen-bond donors (Lipinski definition) is 0. The van der Waals surface area contributed by atoms with Gasteiger partial charge in [-0.25, -0.2) is 4.98 Å². The molecule has 0 atom stereocenters. The van der Waals surface area contributed by atoms with Crippen molar-refractivity contribution >= 4 is 45.6 Å². The van der Waals surface area contributed by atoms with Crippen LogP contribution in [0.15, 0.2) is 60.0 Å². The largest absolute Gasteiger partial charge is 0.319 e. The zero-order valence-corrected chi connectivity index (χ0v) is 14.4. The molecule has 4 aromatic rings. The molecule has 2 nitrogen and oxygen atoms in total. The van der Waals surface area contributed by atoms with Crippen LogP contribution in [0.25, 0.3) is 21.7 Å². The van der Waals surface area contributed by atoms with E-state index in [9.17, 15) is 0 Å². The summed E-state index contributed by atoms with van der Waals surface area (Å²) in [6.45, 7) is 0.699. The number of benzene rings is 2. The number of thiophene rings is 1. The van der Waals surface area contributed by atoms with Crippen LogP contribution in [-0.4, -0.2) is 9.55 Å². The number of hydrogen-bond acceptors (Lipinski definition) is 2. The Morgan fingerprint density at radius 3 is 2.61 bits per heavy atom. The van der Waals surface area contributed by atoms with Crippen LogP contribution in [-0.2, 0) is 6.54 Å². The van der Waals surface area contributed by atoms with Crippen LogP contribution >= 0.6 is 34.5 Å². The minimum Gasteiger partial charge on any atom is -0.319 e. The molecule has 114 valence electrons. The molecule has 0 bridgehead atoms. The van der Waals surface area contributed by atoms with E-state index in [-0.39, 0.29) is 0 Å². The lowest BCUT2D eigenvalue weighted by atomic mass is 10.2. The predicted octanol–water partition coefficient (Wildman–Crippen LogP) is 6.12. The van der Waals surface area contributed by atoms with Gasteiger partial charge in [0, 0.05) is 6.54 Å². The van der Waals surface area contributed by atoms with Crippen LogP contribution in [0.5, 0.6) is 0 Å². The maximum Gasteiger partial charge on any atom is 0.151 e. The van der Waals surface area contributed by atoms with Gasteiger partial charge in [0.05, 0.1) is 26.0 Å². The van der Waals surface area contributed by atoms with Crippen molar-refractivity contribution in [2.75, 3.05) is 0 Å². The quantitative estimate of drug-likeness (QED) is 0.431. The lowest BCUT2D eigenvalue weighted by Gasteiger charge is -2.09. The molecule has 5 heteroatoms. The second-order valence-corrected chi connectivity index (χ2v) is 7.00. The molecule has 23 heavy (non-hydrogen) atoms. The van der Waals surface area contributed by atoms with Crippen LogP contribution in [0.2, 0.25) is 10.0 Å². The number of imidazole rings is 1. The van der Waals surface area contributed by atoms with Gasteiger partial charge < -0.3 is 4.57 Å². The van der Waals surface area contributed by atoms with Gasteiger partial charge in [0.15, 0.2) is 5.82 Å². The predicted molar refractivity (Wildman–Crippen MR) is 98.6 cm³/mol. The highest BCUT2D eigenvalue weighted by atomic mass is 35.5. The first-order chi connectivity index (χ1) is 11.2. The number of aromatic nitrogens is 2. The maximum atomic E-state index is 6.16. The Morgan fingerprint density at radius 1 is 0.957 bits per heavy atom. The van der Waals surface area contributed by atoms with Gasteiger partial charge in [-0.1, -0.05) is 47.5 Å². The van der Waals surface area contributed by atoms with E-state index in [0.717, 1.165) is 27.3 Å². The fourth-order valence-electron chi connectivity index (χ4n) is 2.65. The van der Waals surface area contributed by atoms with Crippen molar-refractivity contribution in [3.8, 4) is 10.7 Å². The number of para-hydroxylation sites is 2. The number of fused-ring (bicyclic) bond motifs is 1. The zero-order valence-electron chi connectivity index (χ0n) is 12.0. The minimum atomic E-state index is 0.574. The fourth-order valence-corrected chi connectivity index (χ4v) is 3.69. The molecule has 2 heterocycles. The summed E-state index contributed by atoms with van der Waals surface area (Å²) in [5.74, 6) is 0.979. The third-order valence-electron chi connectivity index (χ3n) is 3.72. The van der Waals surface area contributed by atoms with Gasteiger partial charge in [-0.05, 0) is 41.3 Å². The summed E-state index contributed by atoms with van der Waals surface area (Å²) in [6.07, 6.45) is 0. The van der Waals surface area contributed by atoms with E-state index in [4.69, 9.17) is 28.2 Å². The van der Waals surface area contributed by atoms with E-state index >= 15 is 0 Å². The molecule has 0 aliphatic rings. The van der Waals surface area contributed by atoms with E-state index in [0.29, 0.717) is 16.6 Å². The van der Waals surface area contributed by atoms with Crippen molar-refractivity contribution in [3.05, 3.63) is 75.6 Å². The standard InChI is InChI=1S/C18H12Cl2N2S/c19-13-8-7-12(10-14(13)20)11-22-16-5-2-1-4-15(16)21-18(22)17-6-3-9-23-17/h1-10H,11H2. The van der Waals surface area contributed by atoms with Crippen LogP contribution < -0.4 is 0 Å². The van der Waals surface area contributed by atoms with Crippen molar-refractivity contribution in [2.24, 2.45) is 0 Å². The Bertz CT molecular complexity index is 974. The summed E-state index contributed by atoms with van der Waals surface area (Å²) in [7, 11) is 0. The van der Waals surface area contributed by atoms with Crippen molar-refractivity contribution in [3.63, 3.8) is 0 Å². The molecule has 0 spiro atoms. The molecular weight excluding hydrogens is 347 g/mol. The van der Waals surface area contributed by atoms with Gasteiger partial charge in [-0.3, -0.25) is 0 Å². The van der Waals surface area contributed by atoms with E-state index in [1.54, 1.807) is 11.3 Å². The number of halogens is 2. The first-order valence-electron chi connectivity index (χ1n) is 7.15. The summed E-state index contributed by atoms with van der Waals surface area (Å²) in [6, 6.07) is 18.1. The van der Waals surface area contributed by atoms with Gasteiger partial charge in [0.1, 0.15) is 0 Å². The maximum absolute atomic E-state index is 6.16. The SMILES string of the molecule is Clc1ccc(Cn2c(-c3cccs3)nc3ccccc32)cc1Cl. The smallest absolute Gasteiger partial charge is 0.151 e. The fraction of sp³-hybridized carbons (Fsp3) is 0.0556. The second-order valence-electron chi connectivity index (χ2n) is 5.24. The van der Waals surface area contributed by atoms with E-state index < -0.39 is 0 Å². The summed E-state index contributed by atoms with van der Waals surface area (Å²) in [4.78, 5) is 5.96. The molecule has 0 radical (unpaired) electrons. The van der Waals surface area contributed by atoms with Crippen molar-refractivity contribution < 1.29 is 0 Å². The van der Waals surface area contributed by atoms with Crippen LogP contribution in [0.3, 0.4) is 0 Å². The molecule has 2 aromatic carbocycles. The molecule has 0 saturated carbocycles. The van der Waals surface area contributed by atoms with E-state index in [2.05, 4.69) is 22.1 Å². The summed E-state index contributed by atoms with van der Waals surface area (Å²) in [5.41, 5.74) is 3.21. The number of rotatable bonds is 3. The molecule has 0 aliphatic carbocycles. The molecule has 2 aromatic heterocycles. The third-order valence-corrected chi connectivity index (χ3v) is 5.33. The first-order valence-corrected chi connectivity index (χ1v) is 8.79. The van der Waals surface area contributed by atoms with E-state index in [1.807, 2.05) is 42.5 Å². The van der Waals surface area contributed by atoms with Gasteiger partial charge >= 0.3 is 0 Å². The highest BCUT2D eigenvalue weighted by Gasteiger charge is 2.13. The van der Waals surface area contributed by atoms with Gasteiger partial charge in [0.2, 0.25) is 0 Å². The normalized spacial score (nSPS) is 11.2. The Balaban J connectivity index is 1.87. The molecule has 0 aliphatic heterocycles. The Kier molecular flexibility index (Phi) is 3.85. The zero-order chi connectivity index (χ0) is 15.8. The minimum absolute atomic E-state index is 0.574. The Labute approximate surface area is 147 Å². The lowest BCUT2D eigenvalue weighted by molar-refractivity contribution is 0.836. The van der Waals surface area contributed by atoms with Gasteiger partial charge in [0.25, 0.3) is 0 Å². The summed E-state index contributed by atoms with van der Waals surface area (Å²) in [5, 5.41) is 3.22. The Morgan fingerprint density at radius 2 is 1.83 bits per heavy atom. The van der Waals surface area contributed by atoms with Crippen LogP contribution in [0.4, 0.5) is 0 Å². The van der Waals surface area contributed by atoms with Crippen molar-refractivity contribution in [2.45, 2.75) is 6.54 Å². The molecule has 0 amide bonds. The molecular formula is C18H12Cl2N2S. The molecule has 0 fully saturated rings. The molecule has 0 N–H and O–H groups in total. The average molecular weight is 359 g/mol. The second kappa shape index (κ2) is 6.00. The Hall–Kier alpha value is -1.81. The molecule has 0 saturated heterocycles. The lowest BCUT2D eigenvalue weighted by Crippen LogP contribution is -2.01. The summed E-state index contributed by atoms with van der Waals surface area (Å²) < 4.78 is 2.22. The molecule has 4 rings (SSSR count). The topological polar surface area (TPSA) is 17.8 Å². The highest BCUT2D eigenvalue weighted by Crippen LogP contribution is 2.30. The van der Waals surface area contributed by atoms with Crippen molar-refractivity contribution in [1.29, 1.82) is 0 Å². The summed E-state index contributed by atoms with van der Waals surface area (Å²) >= 11 is 13.9. The van der Waals surface area contributed by atoms with Gasteiger partial charge in [-0.15, -0.1) is 11.3 Å². The molecule has 0 unspecified atom stereocenters. The van der Waals surface area contributed by atoms with E-state index in [1.165, 1.54) is 0 Å². The van der Waals surface area contributed by atoms with Crippen LogP contribution in [0, 0.1) is 0 Å². The first kappa shape index (κ1) is 14.8. The monoisotopic (exact) mass is 358 g/mol. The highest BCUT2D eigenvalue weighted by molar-refractivity contribution is 7.13. The van der Waals surface area contributed by atoms with Gasteiger partial charge in [-0.2, -0.15) is 0 Å². The number of nitrogens with zero attached hydrogens (tertiary/aromatic N) is 2. The third kappa shape index (κ3) is 2.76. The van der Waals surface area contributed by atoms with Crippen molar-refractivity contribution in [1.82, 2.24) is 9.55 Å².